The van der Waals surface area contributed by atoms with Crippen LogP contribution in [-0.4, -0.2) is 35.0 Å². The minimum atomic E-state index is -0.143. The zero-order chi connectivity index (χ0) is 17.4. The first-order chi connectivity index (χ1) is 12.2. The van der Waals surface area contributed by atoms with Crippen LogP contribution in [-0.2, 0) is 16.1 Å². The van der Waals surface area contributed by atoms with Crippen molar-refractivity contribution in [2.75, 3.05) is 7.11 Å². The van der Waals surface area contributed by atoms with Crippen molar-refractivity contribution in [1.82, 2.24) is 9.88 Å². The third-order valence-electron chi connectivity index (χ3n) is 5.64. The molecule has 4 atom stereocenters. The molecule has 0 unspecified atom stereocenters. The topological polar surface area (TPSA) is 42.4 Å². The van der Waals surface area contributed by atoms with Gasteiger partial charge in [0.1, 0.15) is 5.15 Å². The number of benzene rings is 1. The van der Waals surface area contributed by atoms with Gasteiger partial charge in [0.15, 0.2) is 0 Å². The van der Waals surface area contributed by atoms with E-state index in [0.717, 1.165) is 24.9 Å². The van der Waals surface area contributed by atoms with Gasteiger partial charge in [0.2, 0.25) is 0 Å². The fraction of sp³-hybridized carbons (Fsp3) is 0.400. The van der Waals surface area contributed by atoms with Crippen LogP contribution in [0.15, 0.2) is 48.7 Å². The van der Waals surface area contributed by atoms with E-state index in [9.17, 15) is 4.79 Å². The molecule has 0 N–H and O–H groups in total. The van der Waals surface area contributed by atoms with Gasteiger partial charge in [-0.3, -0.25) is 9.69 Å². The highest BCUT2D eigenvalue weighted by Crippen LogP contribution is 2.51. The fourth-order valence-corrected chi connectivity index (χ4v) is 4.76. The second-order valence-corrected chi connectivity index (χ2v) is 7.25. The molecule has 2 saturated heterocycles. The lowest BCUT2D eigenvalue weighted by Gasteiger charge is -2.27. The number of aromatic nitrogens is 1. The summed E-state index contributed by atoms with van der Waals surface area (Å²) >= 11 is 5.95. The van der Waals surface area contributed by atoms with Crippen molar-refractivity contribution in [3.05, 3.63) is 64.9 Å². The summed E-state index contributed by atoms with van der Waals surface area (Å²) < 4.78 is 5.15. The number of hydrogen-bond acceptors (Lipinski definition) is 4. The molecule has 2 fully saturated rings. The first-order valence-corrected chi connectivity index (χ1v) is 9.06. The molecule has 4 nitrogen and oxygen atoms in total. The Morgan fingerprint density at radius 1 is 1.20 bits per heavy atom. The Kier molecular flexibility index (Phi) is 4.48. The molecule has 2 aliphatic heterocycles. The Bertz CT molecular complexity index is 750. The van der Waals surface area contributed by atoms with Crippen LogP contribution in [0.5, 0.6) is 0 Å². The average Bonchev–Trinajstić information content (AvgIpc) is 3.17. The number of hydrogen-bond donors (Lipinski definition) is 0. The molecule has 1 aromatic heterocycles. The third kappa shape index (κ3) is 2.94. The van der Waals surface area contributed by atoms with E-state index in [-0.39, 0.29) is 23.8 Å². The lowest BCUT2D eigenvalue weighted by molar-refractivity contribution is -0.147. The van der Waals surface area contributed by atoms with Crippen molar-refractivity contribution in [2.45, 2.75) is 37.4 Å². The lowest BCUT2D eigenvalue weighted by Crippen LogP contribution is -2.34. The van der Waals surface area contributed by atoms with Crippen LogP contribution in [0.4, 0.5) is 0 Å². The Balaban J connectivity index is 1.67. The number of carbonyl (C=O) groups excluding carboxylic acids is 1. The van der Waals surface area contributed by atoms with Gasteiger partial charge in [0, 0.05) is 30.7 Å². The van der Waals surface area contributed by atoms with Gasteiger partial charge >= 0.3 is 5.97 Å². The van der Waals surface area contributed by atoms with Crippen molar-refractivity contribution >= 4 is 17.6 Å². The number of halogens is 1. The van der Waals surface area contributed by atoms with Crippen molar-refractivity contribution in [1.29, 1.82) is 0 Å². The maximum atomic E-state index is 12.6. The number of nitrogens with zero attached hydrogens (tertiary/aromatic N) is 2. The first kappa shape index (κ1) is 16.6. The molecular formula is C20H21ClN2O2. The van der Waals surface area contributed by atoms with Crippen LogP contribution in [0, 0.1) is 5.92 Å². The maximum absolute atomic E-state index is 12.6. The van der Waals surface area contributed by atoms with Gasteiger partial charge in [0.25, 0.3) is 0 Å². The summed E-state index contributed by atoms with van der Waals surface area (Å²) in [5.74, 6) is -0.152. The summed E-state index contributed by atoms with van der Waals surface area (Å²) in [6.45, 7) is 0.862. The van der Waals surface area contributed by atoms with Gasteiger partial charge in [0.05, 0.1) is 13.0 Å². The number of pyridine rings is 1. The third-order valence-corrected chi connectivity index (χ3v) is 5.87. The zero-order valence-corrected chi connectivity index (χ0v) is 14.9. The Morgan fingerprint density at radius 3 is 2.64 bits per heavy atom. The zero-order valence-electron chi connectivity index (χ0n) is 14.1. The largest absolute Gasteiger partial charge is 0.469 e. The minimum absolute atomic E-state index is 0.111. The van der Waals surface area contributed by atoms with Gasteiger partial charge in [-0.2, -0.15) is 0 Å². The monoisotopic (exact) mass is 356 g/mol. The number of ether oxygens (including phenoxy) is 1. The Labute approximate surface area is 152 Å². The predicted octanol–water partition coefficient (Wildman–Crippen LogP) is 3.65. The van der Waals surface area contributed by atoms with Crippen LogP contribution in [0.3, 0.4) is 0 Å². The number of methoxy groups -OCH3 is 1. The number of fused-ring (bicyclic) bond motifs is 2. The van der Waals surface area contributed by atoms with E-state index in [4.69, 9.17) is 16.3 Å². The summed E-state index contributed by atoms with van der Waals surface area (Å²) in [4.78, 5) is 19.3. The Morgan fingerprint density at radius 2 is 1.96 bits per heavy atom. The molecule has 0 radical (unpaired) electrons. The van der Waals surface area contributed by atoms with E-state index >= 15 is 0 Å². The van der Waals surface area contributed by atoms with Crippen molar-refractivity contribution < 1.29 is 9.53 Å². The number of rotatable bonds is 4. The second-order valence-electron chi connectivity index (χ2n) is 6.86. The Hall–Kier alpha value is -1.91. The molecule has 2 bridgehead atoms. The molecular weight excluding hydrogens is 336 g/mol. The van der Waals surface area contributed by atoms with Gasteiger partial charge in [-0.05, 0) is 30.0 Å². The second kappa shape index (κ2) is 6.77. The predicted molar refractivity (Wildman–Crippen MR) is 96.3 cm³/mol. The fourth-order valence-electron chi connectivity index (χ4n) is 4.65. The average molecular weight is 357 g/mol. The molecule has 2 aliphatic rings. The first-order valence-electron chi connectivity index (χ1n) is 8.68. The minimum Gasteiger partial charge on any atom is -0.469 e. The normalized spacial score (nSPS) is 28.2. The van der Waals surface area contributed by atoms with E-state index in [1.807, 2.05) is 18.3 Å². The van der Waals surface area contributed by atoms with E-state index in [0.29, 0.717) is 11.2 Å². The summed E-state index contributed by atoms with van der Waals surface area (Å²) in [6, 6.07) is 14.8. The number of carbonyl (C=O) groups is 1. The molecule has 1 aromatic carbocycles. The smallest absolute Gasteiger partial charge is 0.310 e. The van der Waals surface area contributed by atoms with E-state index in [2.05, 4.69) is 34.1 Å². The molecule has 0 aliphatic carbocycles. The van der Waals surface area contributed by atoms with E-state index < -0.39 is 0 Å². The van der Waals surface area contributed by atoms with E-state index in [1.165, 1.54) is 12.7 Å². The summed E-state index contributed by atoms with van der Waals surface area (Å²) in [5.41, 5.74) is 2.35. The molecule has 0 saturated carbocycles. The van der Waals surface area contributed by atoms with E-state index in [1.54, 1.807) is 6.07 Å². The van der Waals surface area contributed by atoms with Crippen LogP contribution in [0.25, 0.3) is 0 Å². The molecule has 130 valence electrons. The van der Waals surface area contributed by atoms with Crippen molar-refractivity contribution in [2.24, 2.45) is 5.92 Å². The van der Waals surface area contributed by atoms with Crippen LogP contribution in [0.2, 0.25) is 5.15 Å². The lowest BCUT2D eigenvalue weighted by atomic mass is 9.76. The highest BCUT2D eigenvalue weighted by Gasteiger charge is 2.56. The van der Waals surface area contributed by atoms with Gasteiger partial charge in [-0.1, -0.05) is 48.0 Å². The van der Waals surface area contributed by atoms with Gasteiger partial charge in [-0.15, -0.1) is 0 Å². The van der Waals surface area contributed by atoms with Gasteiger partial charge < -0.3 is 4.74 Å². The number of esters is 1. The summed E-state index contributed by atoms with van der Waals surface area (Å²) in [5, 5.41) is 0.475. The van der Waals surface area contributed by atoms with Crippen LogP contribution in [0.1, 0.15) is 29.9 Å². The molecule has 3 heterocycles. The molecule has 0 amide bonds. The molecule has 2 aromatic rings. The highest BCUT2D eigenvalue weighted by atomic mass is 35.5. The van der Waals surface area contributed by atoms with Crippen LogP contribution < -0.4 is 0 Å². The van der Waals surface area contributed by atoms with Crippen molar-refractivity contribution in [3.63, 3.8) is 0 Å². The maximum Gasteiger partial charge on any atom is 0.310 e. The summed E-state index contributed by atoms with van der Waals surface area (Å²) in [7, 11) is 1.48. The quantitative estimate of drug-likeness (QED) is 0.619. The standard InChI is InChI=1S/C20H21ClN2O2/c1-25-20(24)19-16-9-8-15(18(19)14-7-10-17(21)22-11-14)23(16)12-13-5-3-2-4-6-13/h2-7,10-11,15-16,18-19H,8-9,12H2,1H3/t15-,16+,18+,19+/m0/s1. The molecule has 4 rings (SSSR count). The molecule has 0 spiro atoms. The SMILES string of the molecule is COC(=O)[C@H]1[C@H](c2ccc(Cl)nc2)[C@@H]2CC[C@H]1N2Cc1ccccc1. The summed E-state index contributed by atoms with van der Waals surface area (Å²) in [6.07, 6.45) is 3.94. The highest BCUT2D eigenvalue weighted by molar-refractivity contribution is 6.29. The van der Waals surface area contributed by atoms with Gasteiger partial charge in [-0.25, -0.2) is 4.98 Å². The molecule has 5 heteroatoms. The van der Waals surface area contributed by atoms with Crippen LogP contribution >= 0.6 is 11.6 Å². The molecule has 25 heavy (non-hydrogen) atoms. The van der Waals surface area contributed by atoms with Crippen molar-refractivity contribution in [3.8, 4) is 0 Å².